The smallest absolute Gasteiger partial charge is 0.255 e. The van der Waals surface area contributed by atoms with Gasteiger partial charge >= 0.3 is 0 Å². The van der Waals surface area contributed by atoms with Crippen molar-refractivity contribution in [2.75, 3.05) is 13.7 Å². The Bertz CT molecular complexity index is 826. The van der Waals surface area contributed by atoms with Crippen molar-refractivity contribution in [1.82, 2.24) is 20.5 Å². The summed E-state index contributed by atoms with van der Waals surface area (Å²) in [6.07, 6.45) is 3.77. The number of aryl methyl sites for hydroxylation is 1. The number of rotatable bonds is 7. The lowest BCUT2D eigenvalue weighted by Crippen LogP contribution is -2.29. The molecule has 0 saturated heterocycles. The maximum Gasteiger partial charge on any atom is 0.255 e. The first-order valence-corrected chi connectivity index (χ1v) is 8.00. The van der Waals surface area contributed by atoms with Gasteiger partial charge in [0.25, 0.3) is 5.91 Å². The van der Waals surface area contributed by atoms with Gasteiger partial charge in [0.05, 0.1) is 29.2 Å². The molecule has 7 nitrogen and oxygen atoms in total. The SMILES string of the molecule is COCCC(NC(=O)c1cn[nH]c1-c1ccccn1)c1ccc(C)o1. The summed E-state index contributed by atoms with van der Waals surface area (Å²) >= 11 is 0. The normalized spacial score (nSPS) is 12.1. The number of H-pyrrole nitrogens is 1. The average Bonchev–Trinajstić information content (AvgIpc) is 3.28. The van der Waals surface area contributed by atoms with Crippen LogP contribution in [0.3, 0.4) is 0 Å². The molecule has 25 heavy (non-hydrogen) atoms. The summed E-state index contributed by atoms with van der Waals surface area (Å²) < 4.78 is 10.8. The number of carbonyl (C=O) groups is 1. The second-order valence-corrected chi connectivity index (χ2v) is 5.63. The molecule has 0 bridgehead atoms. The third kappa shape index (κ3) is 3.95. The molecule has 0 aliphatic carbocycles. The molecule has 0 fully saturated rings. The molecule has 0 saturated carbocycles. The van der Waals surface area contributed by atoms with E-state index in [1.165, 1.54) is 6.20 Å². The van der Waals surface area contributed by atoms with E-state index in [2.05, 4.69) is 20.5 Å². The van der Waals surface area contributed by atoms with Crippen LogP contribution in [0.2, 0.25) is 0 Å². The van der Waals surface area contributed by atoms with Gasteiger partial charge in [0.2, 0.25) is 0 Å². The predicted molar refractivity (Wildman–Crippen MR) is 92.0 cm³/mol. The molecule has 3 heterocycles. The number of furan rings is 1. The van der Waals surface area contributed by atoms with Crippen molar-refractivity contribution in [1.29, 1.82) is 0 Å². The largest absolute Gasteiger partial charge is 0.464 e. The molecular formula is C18H20N4O3. The van der Waals surface area contributed by atoms with Crippen molar-refractivity contribution < 1.29 is 13.9 Å². The van der Waals surface area contributed by atoms with Crippen molar-refractivity contribution in [2.45, 2.75) is 19.4 Å². The van der Waals surface area contributed by atoms with Crippen molar-refractivity contribution in [3.8, 4) is 11.4 Å². The number of nitrogens with zero attached hydrogens (tertiary/aromatic N) is 2. The summed E-state index contributed by atoms with van der Waals surface area (Å²) in [4.78, 5) is 17.0. The fourth-order valence-corrected chi connectivity index (χ4v) is 2.56. The number of carbonyl (C=O) groups excluding carboxylic acids is 1. The zero-order valence-electron chi connectivity index (χ0n) is 14.2. The standard InChI is InChI=1S/C18H20N4O3/c1-12-6-7-16(25-12)14(8-10-24-2)21-18(23)13-11-20-22-17(13)15-5-3-4-9-19-15/h3-7,9,11,14H,8,10H2,1-2H3,(H,20,22)(H,21,23). The molecule has 3 aromatic rings. The lowest BCUT2D eigenvalue weighted by molar-refractivity contribution is 0.0917. The van der Waals surface area contributed by atoms with Crippen LogP contribution in [0.1, 0.15) is 34.3 Å². The molecule has 3 rings (SSSR count). The Morgan fingerprint density at radius 3 is 2.92 bits per heavy atom. The Labute approximate surface area is 145 Å². The second kappa shape index (κ2) is 7.76. The van der Waals surface area contributed by atoms with Crippen LogP contribution < -0.4 is 5.32 Å². The van der Waals surface area contributed by atoms with Crippen molar-refractivity contribution in [2.24, 2.45) is 0 Å². The van der Waals surface area contributed by atoms with Gasteiger partial charge in [-0.15, -0.1) is 0 Å². The molecule has 0 radical (unpaired) electrons. The number of ether oxygens (including phenoxy) is 1. The van der Waals surface area contributed by atoms with E-state index in [0.717, 1.165) is 5.76 Å². The molecule has 7 heteroatoms. The Morgan fingerprint density at radius 1 is 1.36 bits per heavy atom. The molecule has 1 amide bonds. The van der Waals surface area contributed by atoms with Crippen LogP contribution in [0.15, 0.2) is 47.1 Å². The number of aromatic amines is 1. The van der Waals surface area contributed by atoms with Gasteiger partial charge < -0.3 is 14.5 Å². The topological polar surface area (TPSA) is 93.0 Å². The van der Waals surface area contributed by atoms with E-state index in [1.54, 1.807) is 13.3 Å². The first-order valence-electron chi connectivity index (χ1n) is 8.00. The minimum Gasteiger partial charge on any atom is -0.464 e. The highest BCUT2D eigenvalue weighted by Gasteiger charge is 2.22. The van der Waals surface area contributed by atoms with E-state index in [-0.39, 0.29) is 11.9 Å². The Kier molecular flexibility index (Phi) is 5.25. The number of methoxy groups -OCH3 is 1. The highest BCUT2D eigenvalue weighted by Crippen LogP contribution is 2.23. The number of pyridine rings is 1. The van der Waals surface area contributed by atoms with Gasteiger partial charge in [-0.3, -0.25) is 14.9 Å². The van der Waals surface area contributed by atoms with E-state index < -0.39 is 0 Å². The predicted octanol–water partition coefficient (Wildman–Crippen LogP) is 2.88. The molecule has 1 unspecified atom stereocenters. The minimum absolute atomic E-state index is 0.246. The van der Waals surface area contributed by atoms with Gasteiger partial charge in [0, 0.05) is 19.9 Å². The Morgan fingerprint density at radius 2 is 2.24 bits per heavy atom. The zero-order valence-corrected chi connectivity index (χ0v) is 14.2. The quantitative estimate of drug-likeness (QED) is 0.690. The van der Waals surface area contributed by atoms with Gasteiger partial charge in [0.15, 0.2) is 0 Å². The molecule has 0 aliphatic rings. The molecular weight excluding hydrogens is 320 g/mol. The molecule has 1 atom stereocenters. The van der Waals surface area contributed by atoms with Crippen LogP contribution in [0.5, 0.6) is 0 Å². The third-order valence-electron chi connectivity index (χ3n) is 3.83. The van der Waals surface area contributed by atoms with Gasteiger partial charge in [0.1, 0.15) is 11.5 Å². The maximum atomic E-state index is 12.8. The van der Waals surface area contributed by atoms with Gasteiger partial charge in [-0.25, -0.2) is 0 Å². The van der Waals surface area contributed by atoms with Crippen LogP contribution >= 0.6 is 0 Å². The minimum atomic E-state index is -0.285. The van der Waals surface area contributed by atoms with E-state index >= 15 is 0 Å². The van der Waals surface area contributed by atoms with E-state index in [0.29, 0.717) is 35.7 Å². The maximum absolute atomic E-state index is 12.8. The molecule has 2 N–H and O–H groups in total. The molecule has 3 aromatic heterocycles. The van der Waals surface area contributed by atoms with Crippen LogP contribution in [0, 0.1) is 6.92 Å². The number of aromatic nitrogens is 3. The first kappa shape index (κ1) is 16.9. The van der Waals surface area contributed by atoms with E-state index in [1.807, 2.05) is 37.3 Å². The molecule has 130 valence electrons. The van der Waals surface area contributed by atoms with Gasteiger partial charge in [-0.05, 0) is 37.6 Å². The van der Waals surface area contributed by atoms with Crippen molar-refractivity contribution in [3.63, 3.8) is 0 Å². The number of amides is 1. The summed E-state index contributed by atoms with van der Waals surface area (Å²) in [6, 6.07) is 8.96. The first-order chi connectivity index (χ1) is 12.2. The fourth-order valence-electron chi connectivity index (χ4n) is 2.56. The Balaban J connectivity index is 1.81. The Hall–Kier alpha value is -2.93. The number of nitrogens with one attached hydrogen (secondary N) is 2. The summed E-state index contributed by atoms with van der Waals surface area (Å²) in [5.74, 6) is 1.25. The average molecular weight is 340 g/mol. The van der Waals surface area contributed by atoms with Crippen LogP contribution in [0.4, 0.5) is 0 Å². The molecule has 0 aliphatic heterocycles. The summed E-state index contributed by atoms with van der Waals surface area (Å²) in [7, 11) is 1.63. The lowest BCUT2D eigenvalue weighted by Gasteiger charge is -2.16. The van der Waals surface area contributed by atoms with Crippen LogP contribution in [-0.4, -0.2) is 34.8 Å². The fraction of sp³-hybridized carbons (Fsp3) is 0.278. The monoisotopic (exact) mass is 340 g/mol. The summed E-state index contributed by atoms with van der Waals surface area (Å²) in [6.45, 7) is 2.37. The molecule has 0 spiro atoms. The summed E-state index contributed by atoms with van der Waals surface area (Å²) in [5, 5.41) is 9.83. The highest BCUT2D eigenvalue weighted by atomic mass is 16.5. The number of hydrogen-bond acceptors (Lipinski definition) is 5. The third-order valence-corrected chi connectivity index (χ3v) is 3.83. The summed E-state index contributed by atoms with van der Waals surface area (Å²) in [5.41, 5.74) is 1.68. The van der Waals surface area contributed by atoms with Crippen molar-refractivity contribution in [3.05, 3.63) is 59.8 Å². The van der Waals surface area contributed by atoms with Crippen molar-refractivity contribution >= 4 is 5.91 Å². The van der Waals surface area contributed by atoms with Gasteiger partial charge in [-0.1, -0.05) is 6.07 Å². The van der Waals surface area contributed by atoms with Crippen LogP contribution in [-0.2, 0) is 4.74 Å². The van der Waals surface area contributed by atoms with Gasteiger partial charge in [-0.2, -0.15) is 5.10 Å². The van der Waals surface area contributed by atoms with E-state index in [4.69, 9.17) is 9.15 Å². The van der Waals surface area contributed by atoms with E-state index in [9.17, 15) is 4.79 Å². The number of hydrogen-bond donors (Lipinski definition) is 2. The molecule has 0 aromatic carbocycles. The lowest BCUT2D eigenvalue weighted by atomic mass is 10.1. The second-order valence-electron chi connectivity index (χ2n) is 5.63. The van der Waals surface area contributed by atoms with Crippen LogP contribution in [0.25, 0.3) is 11.4 Å². The zero-order chi connectivity index (χ0) is 17.6. The highest BCUT2D eigenvalue weighted by molar-refractivity contribution is 5.99.